The Bertz CT molecular complexity index is 1460. The molecular formula is C23H18N4O3S3. The molecule has 0 aliphatic rings. The summed E-state index contributed by atoms with van der Waals surface area (Å²) in [5.74, 6) is -0.558. The van der Waals surface area contributed by atoms with Crippen LogP contribution in [0.1, 0.15) is 17.3 Å². The van der Waals surface area contributed by atoms with Gasteiger partial charge in [0.05, 0.1) is 28.1 Å². The molecule has 5 aromatic rings. The highest BCUT2D eigenvalue weighted by atomic mass is 32.2. The number of esters is 1. The molecule has 0 saturated heterocycles. The van der Waals surface area contributed by atoms with Gasteiger partial charge in [0.25, 0.3) is 0 Å². The Morgan fingerprint density at radius 2 is 1.85 bits per heavy atom. The van der Waals surface area contributed by atoms with Crippen molar-refractivity contribution in [2.45, 2.75) is 12.1 Å². The second-order valence-electron chi connectivity index (χ2n) is 6.95. The second kappa shape index (κ2) is 9.34. The van der Waals surface area contributed by atoms with E-state index in [-0.39, 0.29) is 18.3 Å². The first-order valence-electron chi connectivity index (χ1n) is 10.2. The summed E-state index contributed by atoms with van der Waals surface area (Å²) >= 11 is 4.21. The van der Waals surface area contributed by atoms with Gasteiger partial charge in [-0.15, -0.1) is 21.5 Å². The molecule has 3 heterocycles. The van der Waals surface area contributed by atoms with Crippen LogP contribution in [0.25, 0.3) is 25.6 Å². The van der Waals surface area contributed by atoms with Gasteiger partial charge in [-0.05, 0) is 30.7 Å². The maximum absolute atomic E-state index is 12.8. The number of nitrogens with one attached hydrogen (secondary N) is 1. The number of thiophene rings is 1. The molecule has 7 nitrogen and oxygen atoms in total. The molecule has 0 bridgehead atoms. The van der Waals surface area contributed by atoms with Gasteiger partial charge in [0.1, 0.15) is 5.00 Å². The number of anilines is 1. The van der Waals surface area contributed by atoms with E-state index in [1.165, 1.54) is 23.1 Å². The van der Waals surface area contributed by atoms with Gasteiger partial charge in [0.15, 0.2) is 5.16 Å². The Hall–Kier alpha value is -3.21. The molecule has 1 N–H and O–H groups in total. The number of nitrogens with zero attached hydrogens (tertiary/aromatic N) is 3. The van der Waals surface area contributed by atoms with Gasteiger partial charge >= 0.3 is 5.97 Å². The molecule has 0 unspecified atom stereocenters. The summed E-state index contributed by atoms with van der Waals surface area (Å²) in [6, 6.07) is 19.5. The van der Waals surface area contributed by atoms with Gasteiger partial charge < -0.3 is 10.1 Å². The average molecular weight is 495 g/mol. The normalized spacial score (nSPS) is 11.2. The fourth-order valence-corrected chi connectivity index (χ4v) is 6.17. The number of amides is 1. The van der Waals surface area contributed by atoms with Crippen LogP contribution < -0.4 is 5.32 Å². The van der Waals surface area contributed by atoms with E-state index in [9.17, 15) is 9.59 Å². The van der Waals surface area contributed by atoms with E-state index in [1.807, 2.05) is 59.0 Å². The molecule has 0 atom stereocenters. The number of para-hydroxylation sites is 1. The number of benzene rings is 2. The van der Waals surface area contributed by atoms with E-state index in [4.69, 9.17) is 4.74 Å². The number of hydrogen-bond donors (Lipinski definition) is 1. The van der Waals surface area contributed by atoms with Crippen molar-refractivity contribution in [3.8, 4) is 10.4 Å². The minimum atomic E-state index is -0.456. The fraction of sp³-hybridized carbons (Fsp3) is 0.130. The number of ether oxygens (including phenoxy) is 1. The van der Waals surface area contributed by atoms with Crippen LogP contribution >= 0.6 is 34.4 Å². The minimum Gasteiger partial charge on any atom is -0.462 e. The molecule has 0 saturated carbocycles. The summed E-state index contributed by atoms with van der Waals surface area (Å²) < 4.78 is 8.26. The lowest BCUT2D eigenvalue weighted by molar-refractivity contribution is -0.113. The van der Waals surface area contributed by atoms with Gasteiger partial charge in [0.2, 0.25) is 10.9 Å². The van der Waals surface area contributed by atoms with Crippen molar-refractivity contribution in [2.24, 2.45) is 0 Å². The summed E-state index contributed by atoms with van der Waals surface area (Å²) in [4.78, 5) is 26.9. The first kappa shape index (κ1) is 21.6. The van der Waals surface area contributed by atoms with Crippen LogP contribution in [0, 0.1) is 0 Å². The lowest BCUT2D eigenvalue weighted by atomic mass is 10.1. The zero-order chi connectivity index (χ0) is 22.8. The molecular weight excluding hydrogens is 476 g/mol. The van der Waals surface area contributed by atoms with Crippen LogP contribution in [0.5, 0.6) is 0 Å². The van der Waals surface area contributed by atoms with Crippen molar-refractivity contribution in [3.63, 3.8) is 0 Å². The SMILES string of the molecule is CCOC(=O)c1cc(-c2ccccc2)sc1NC(=O)CSc1nnc2sc3ccccc3n12. The Morgan fingerprint density at radius 1 is 1.06 bits per heavy atom. The number of aromatic nitrogens is 3. The molecule has 1 amide bonds. The number of fused-ring (bicyclic) bond motifs is 3. The van der Waals surface area contributed by atoms with Crippen molar-refractivity contribution >= 4 is 66.5 Å². The Balaban J connectivity index is 1.36. The molecule has 0 aliphatic carbocycles. The van der Waals surface area contributed by atoms with Crippen LogP contribution in [0.3, 0.4) is 0 Å². The van der Waals surface area contributed by atoms with E-state index < -0.39 is 5.97 Å². The van der Waals surface area contributed by atoms with Crippen LogP contribution in [-0.2, 0) is 9.53 Å². The van der Waals surface area contributed by atoms with Crippen LogP contribution in [0.15, 0.2) is 65.8 Å². The smallest absolute Gasteiger partial charge is 0.341 e. The zero-order valence-corrected chi connectivity index (χ0v) is 19.9. The highest BCUT2D eigenvalue weighted by Crippen LogP contribution is 2.36. The molecule has 3 aromatic heterocycles. The maximum atomic E-state index is 12.8. The molecule has 5 rings (SSSR count). The summed E-state index contributed by atoms with van der Waals surface area (Å²) in [6.45, 7) is 2.01. The molecule has 0 fully saturated rings. The van der Waals surface area contributed by atoms with Crippen molar-refractivity contribution < 1.29 is 14.3 Å². The van der Waals surface area contributed by atoms with E-state index in [2.05, 4.69) is 15.5 Å². The highest BCUT2D eigenvalue weighted by molar-refractivity contribution is 7.99. The molecule has 0 spiro atoms. The number of thioether (sulfide) groups is 1. The lowest BCUT2D eigenvalue weighted by Gasteiger charge is -2.05. The Morgan fingerprint density at radius 3 is 2.67 bits per heavy atom. The number of hydrogen-bond acceptors (Lipinski definition) is 8. The predicted molar refractivity (Wildman–Crippen MR) is 133 cm³/mol. The first-order chi connectivity index (χ1) is 16.1. The third kappa shape index (κ3) is 4.37. The third-order valence-corrected chi connectivity index (χ3v) is 7.82. The van der Waals surface area contributed by atoms with E-state index in [0.29, 0.717) is 15.7 Å². The quantitative estimate of drug-likeness (QED) is 0.235. The summed E-state index contributed by atoms with van der Waals surface area (Å²) in [6.07, 6.45) is 0. The third-order valence-electron chi connectivity index (χ3n) is 4.78. The van der Waals surface area contributed by atoms with Crippen LogP contribution in [0.4, 0.5) is 5.00 Å². The number of carbonyl (C=O) groups is 2. The molecule has 33 heavy (non-hydrogen) atoms. The zero-order valence-electron chi connectivity index (χ0n) is 17.5. The number of carbonyl (C=O) groups excluding carboxylic acids is 2. The maximum Gasteiger partial charge on any atom is 0.341 e. The summed E-state index contributed by atoms with van der Waals surface area (Å²) in [5, 5.41) is 12.5. The molecule has 2 aromatic carbocycles. The molecule has 0 radical (unpaired) electrons. The van der Waals surface area contributed by atoms with E-state index in [0.717, 1.165) is 25.6 Å². The minimum absolute atomic E-state index is 0.131. The second-order valence-corrected chi connectivity index (χ2v) is 9.95. The van der Waals surface area contributed by atoms with Gasteiger partial charge in [-0.2, -0.15) is 0 Å². The highest BCUT2D eigenvalue weighted by Gasteiger charge is 2.21. The standard InChI is InChI=1S/C23H18N4O3S3/c1-2-30-21(29)15-12-18(14-8-4-3-5-9-14)32-20(15)24-19(28)13-31-22-25-26-23-27(22)16-10-6-7-11-17(16)33-23/h3-12H,2,13H2,1H3,(H,24,28). The van der Waals surface area contributed by atoms with Crippen molar-refractivity contribution in [3.05, 3.63) is 66.2 Å². The van der Waals surface area contributed by atoms with Crippen molar-refractivity contribution in [1.82, 2.24) is 14.6 Å². The average Bonchev–Trinajstić information content (AvgIpc) is 3.52. The van der Waals surface area contributed by atoms with Gasteiger partial charge in [-0.25, -0.2) is 4.79 Å². The topological polar surface area (TPSA) is 85.6 Å². The Kier molecular flexibility index (Phi) is 6.12. The van der Waals surface area contributed by atoms with Gasteiger partial charge in [0, 0.05) is 4.88 Å². The van der Waals surface area contributed by atoms with E-state index in [1.54, 1.807) is 24.3 Å². The van der Waals surface area contributed by atoms with Crippen molar-refractivity contribution in [2.75, 3.05) is 17.7 Å². The van der Waals surface area contributed by atoms with Gasteiger partial charge in [-0.1, -0.05) is 65.6 Å². The monoisotopic (exact) mass is 494 g/mol. The lowest BCUT2D eigenvalue weighted by Crippen LogP contribution is -2.16. The molecule has 0 aliphatic heterocycles. The van der Waals surface area contributed by atoms with Crippen LogP contribution in [0.2, 0.25) is 0 Å². The Labute approximate surface area is 201 Å². The summed E-state index contributed by atoms with van der Waals surface area (Å²) in [5.41, 5.74) is 2.34. The molecule has 166 valence electrons. The first-order valence-corrected chi connectivity index (χ1v) is 12.8. The number of rotatable bonds is 7. The fourth-order valence-electron chi connectivity index (χ4n) is 3.33. The summed E-state index contributed by atoms with van der Waals surface area (Å²) in [7, 11) is 0. The van der Waals surface area contributed by atoms with E-state index >= 15 is 0 Å². The van der Waals surface area contributed by atoms with Crippen LogP contribution in [-0.4, -0.2) is 38.8 Å². The number of thiazole rings is 1. The van der Waals surface area contributed by atoms with Gasteiger partial charge in [-0.3, -0.25) is 9.20 Å². The predicted octanol–water partition coefficient (Wildman–Crippen LogP) is 5.58. The largest absolute Gasteiger partial charge is 0.462 e. The van der Waals surface area contributed by atoms with Crippen molar-refractivity contribution in [1.29, 1.82) is 0 Å². The molecule has 10 heteroatoms.